The molecule has 0 unspecified atom stereocenters. The minimum atomic E-state index is -4.93. The number of carbonyl (C=O) groups is 1. The lowest BCUT2D eigenvalue weighted by molar-refractivity contribution is -0.143. The zero-order valence-electron chi connectivity index (χ0n) is 16.2. The number of fused-ring (bicyclic) bond motifs is 5. The molecular weight excluding hydrogens is 418 g/mol. The number of Topliss-reactive ketones (excluding diaryl/α,β-unsaturated/α-hetero) is 1. The summed E-state index contributed by atoms with van der Waals surface area (Å²) in [4.78, 5) is 13.4. The van der Waals surface area contributed by atoms with E-state index >= 15 is 0 Å². The van der Waals surface area contributed by atoms with Crippen LogP contribution in [0.25, 0.3) is 11.1 Å². The predicted molar refractivity (Wildman–Crippen MR) is 103 cm³/mol. The quantitative estimate of drug-likeness (QED) is 0.469. The molecule has 2 saturated carbocycles. The van der Waals surface area contributed by atoms with Gasteiger partial charge in [-0.3, -0.25) is 4.79 Å². The fraction of sp³-hybridized carbons (Fsp3) is 0.375. The molecule has 0 spiro atoms. The van der Waals surface area contributed by atoms with Crippen LogP contribution < -0.4 is 0 Å². The van der Waals surface area contributed by atoms with Gasteiger partial charge in [-0.05, 0) is 71.9 Å². The van der Waals surface area contributed by atoms with Crippen molar-refractivity contribution in [2.75, 3.05) is 0 Å². The number of rotatable bonds is 2. The van der Waals surface area contributed by atoms with Gasteiger partial charge in [0.2, 0.25) is 0 Å². The minimum absolute atomic E-state index is 0.110. The normalized spacial score (nSPS) is 27.9. The van der Waals surface area contributed by atoms with E-state index in [1.807, 2.05) is 0 Å². The summed E-state index contributed by atoms with van der Waals surface area (Å²) in [5.41, 5.74) is -1.67. The van der Waals surface area contributed by atoms with E-state index in [9.17, 15) is 31.1 Å². The number of hydrogen-bond donors (Lipinski definition) is 0. The monoisotopic (exact) mass is 436 g/mol. The summed E-state index contributed by atoms with van der Waals surface area (Å²) < 4.78 is 80.9. The van der Waals surface area contributed by atoms with Crippen molar-refractivity contribution >= 4 is 16.9 Å². The summed E-state index contributed by atoms with van der Waals surface area (Å²) in [6.07, 6.45) is -7.34. The van der Waals surface area contributed by atoms with E-state index < -0.39 is 23.5 Å². The zero-order chi connectivity index (χ0) is 22.1. The highest BCUT2D eigenvalue weighted by Gasteiger charge is 2.57. The van der Waals surface area contributed by atoms with Crippen LogP contribution in [0.4, 0.5) is 26.3 Å². The molecule has 0 heterocycles. The Hall–Kier alpha value is -2.57. The summed E-state index contributed by atoms with van der Waals surface area (Å²) in [6, 6.07) is 10.2. The van der Waals surface area contributed by atoms with Crippen molar-refractivity contribution in [3.63, 3.8) is 0 Å². The Labute approximate surface area is 174 Å². The van der Waals surface area contributed by atoms with E-state index in [0.29, 0.717) is 11.1 Å². The first kappa shape index (κ1) is 20.3. The van der Waals surface area contributed by atoms with Crippen molar-refractivity contribution in [1.82, 2.24) is 0 Å². The van der Waals surface area contributed by atoms with Gasteiger partial charge in [-0.25, -0.2) is 0 Å². The lowest BCUT2D eigenvalue weighted by Crippen LogP contribution is -2.24. The molecule has 0 radical (unpaired) electrons. The fourth-order valence-corrected chi connectivity index (χ4v) is 5.90. The van der Waals surface area contributed by atoms with E-state index in [1.54, 1.807) is 30.3 Å². The van der Waals surface area contributed by atoms with Crippen molar-refractivity contribution in [1.29, 1.82) is 0 Å². The molecule has 3 aliphatic rings. The molecular formula is C24H18F6O. The zero-order valence-corrected chi connectivity index (χ0v) is 16.2. The number of benzene rings is 2. The Bertz CT molecular complexity index is 1050. The van der Waals surface area contributed by atoms with Gasteiger partial charge in [-0.15, -0.1) is 0 Å². The van der Waals surface area contributed by atoms with Gasteiger partial charge in [-0.2, -0.15) is 26.3 Å². The van der Waals surface area contributed by atoms with E-state index in [-0.39, 0.29) is 46.7 Å². The van der Waals surface area contributed by atoms with Crippen LogP contribution in [-0.4, -0.2) is 5.78 Å². The molecule has 2 aromatic rings. The number of hydrogen-bond acceptors (Lipinski definition) is 1. The second kappa shape index (κ2) is 6.71. The summed E-state index contributed by atoms with van der Waals surface area (Å²) in [5, 5.41) is 0. The molecule has 1 nitrogen and oxygen atoms in total. The van der Waals surface area contributed by atoms with Gasteiger partial charge < -0.3 is 0 Å². The third-order valence-electron chi connectivity index (χ3n) is 7.03. The number of ketones is 1. The highest BCUT2D eigenvalue weighted by Crippen LogP contribution is 2.63. The molecule has 162 valence electrons. The molecule has 3 aliphatic carbocycles. The number of carbonyl (C=O) groups excluding carboxylic acids is 1. The third-order valence-corrected chi connectivity index (χ3v) is 7.03. The van der Waals surface area contributed by atoms with E-state index in [1.165, 1.54) is 0 Å². The van der Waals surface area contributed by atoms with Crippen LogP contribution in [0.2, 0.25) is 0 Å². The Kier molecular flexibility index (Phi) is 4.40. The molecule has 2 fully saturated rings. The van der Waals surface area contributed by atoms with Gasteiger partial charge in [0.25, 0.3) is 0 Å². The first-order chi connectivity index (χ1) is 14.6. The summed E-state index contributed by atoms with van der Waals surface area (Å²) >= 11 is 0. The van der Waals surface area contributed by atoms with Crippen LogP contribution in [0.1, 0.15) is 41.5 Å². The average molecular weight is 436 g/mol. The first-order valence-electron chi connectivity index (χ1n) is 10.2. The largest absolute Gasteiger partial charge is 0.416 e. The molecule has 7 heteroatoms. The van der Waals surface area contributed by atoms with Gasteiger partial charge in [0, 0.05) is 11.5 Å². The molecule has 0 N–H and O–H groups in total. The van der Waals surface area contributed by atoms with Crippen LogP contribution in [-0.2, 0) is 17.1 Å². The molecule has 0 saturated heterocycles. The molecule has 0 aliphatic heterocycles. The Morgan fingerprint density at radius 1 is 0.710 bits per heavy atom. The number of allylic oxidation sites excluding steroid dienone is 2. The van der Waals surface area contributed by atoms with Gasteiger partial charge in [0.05, 0.1) is 11.1 Å². The van der Waals surface area contributed by atoms with E-state index in [0.717, 1.165) is 31.4 Å². The second-order valence-corrected chi connectivity index (χ2v) is 8.70. The lowest BCUT2D eigenvalue weighted by Gasteiger charge is -2.27. The van der Waals surface area contributed by atoms with Crippen LogP contribution in [0, 0.1) is 23.7 Å². The van der Waals surface area contributed by atoms with Crippen LogP contribution in [0.15, 0.2) is 48.5 Å². The van der Waals surface area contributed by atoms with E-state index in [4.69, 9.17) is 0 Å². The molecule has 31 heavy (non-hydrogen) atoms. The Morgan fingerprint density at radius 3 is 1.81 bits per heavy atom. The molecule has 0 aromatic heterocycles. The molecule has 0 amide bonds. The topological polar surface area (TPSA) is 17.1 Å². The summed E-state index contributed by atoms with van der Waals surface area (Å²) in [5.74, 6) is -0.575. The van der Waals surface area contributed by atoms with Crippen molar-refractivity contribution < 1.29 is 31.1 Å². The summed E-state index contributed by atoms with van der Waals surface area (Å²) in [7, 11) is 0. The molecule has 4 atom stereocenters. The predicted octanol–water partition coefficient (Wildman–Crippen LogP) is 6.88. The van der Waals surface area contributed by atoms with Gasteiger partial charge >= 0.3 is 12.4 Å². The first-order valence-corrected chi connectivity index (χ1v) is 10.2. The van der Waals surface area contributed by atoms with Crippen LogP contribution >= 0.6 is 0 Å². The van der Waals surface area contributed by atoms with Crippen molar-refractivity contribution in [3.05, 3.63) is 70.8 Å². The highest BCUT2D eigenvalue weighted by molar-refractivity contribution is 6.32. The second-order valence-electron chi connectivity index (χ2n) is 8.70. The van der Waals surface area contributed by atoms with Crippen molar-refractivity contribution in [3.8, 4) is 0 Å². The Morgan fingerprint density at radius 2 is 1.26 bits per heavy atom. The SMILES string of the molecule is O=C1C(c2ccccc2)=C(c2cc(C(F)(F)F)cc(C(F)(F)F)c2)[C@H]2[C@@H]3CC[C@@H](C3)[C@@H]12. The van der Waals surface area contributed by atoms with Crippen LogP contribution in [0.3, 0.4) is 0 Å². The maximum Gasteiger partial charge on any atom is 0.416 e. The molecule has 5 rings (SSSR count). The Balaban J connectivity index is 1.78. The maximum absolute atomic E-state index is 13.5. The lowest BCUT2D eigenvalue weighted by atomic mass is 9.76. The maximum atomic E-state index is 13.5. The smallest absolute Gasteiger partial charge is 0.294 e. The molecule has 2 bridgehead atoms. The highest BCUT2D eigenvalue weighted by atomic mass is 19.4. The van der Waals surface area contributed by atoms with Crippen molar-refractivity contribution in [2.45, 2.75) is 31.6 Å². The third kappa shape index (κ3) is 3.20. The van der Waals surface area contributed by atoms with Crippen LogP contribution in [0.5, 0.6) is 0 Å². The molecule has 2 aromatic carbocycles. The standard InChI is InChI=1S/C24H18F6O/c25-23(26,27)16-9-15(10-17(11-16)24(28,29)30)19-18-13-6-7-14(8-13)21(18)22(31)20(19)12-4-2-1-3-5-12/h1-5,9-11,13-14,18,21H,6-8H2/t13-,14+,18-,21-/m1/s1. The van der Waals surface area contributed by atoms with Crippen molar-refractivity contribution in [2.24, 2.45) is 23.7 Å². The number of alkyl halides is 6. The number of halogens is 6. The van der Waals surface area contributed by atoms with Gasteiger partial charge in [-0.1, -0.05) is 30.3 Å². The minimum Gasteiger partial charge on any atom is -0.294 e. The average Bonchev–Trinajstić information content (AvgIpc) is 3.39. The van der Waals surface area contributed by atoms with Gasteiger partial charge in [0.1, 0.15) is 0 Å². The summed E-state index contributed by atoms with van der Waals surface area (Å²) in [6.45, 7) is 0. The van der Waals surface area contributed by atoms with E-state index in [2.05, 4.69) is 0 Å². The fourth-order valence-electron chi connectivity index (χ4n) is 5.90. The van der Waals surface area contributed by atoms with Gasteiger partial charge in [0.15, 0.2) is 5.78 Å².